The molecule has 0 aromatic rings. The van der Waals surface area contributed by atoms with Gasteiger partial charge in [0.2, 0.25) is 0 Å². The first-order valence-corrected chi connectivity index (χ1v) is 7.38. The molecule has 1 nitrogen and oxygen atoms in total. The van der Waals surface area contributed by atoms with Gasteiger partial charge in [0, 0.05) is 0 Å². The summed E-state index contributed by atoms with van der Waals surface area (Å²) in [7, 11) is 2.60. The molecule has 1 fully saturated rings. The summed E-state index contributed by atoms with van der Waals surface area (Å²) in [5.74, 6) is 1.50. The van der Waals surface area contributed by atoms with Crippen molar-refractivity contribution in [2.24, 2.45) is 5.73 Å². The minimum Gasteiger partial charge on any atom is -0.328 e. The summed E-state index contributed by atoms with van der Waals surface area (Å²) in [5, 5.41) is 0. The lowest BCUT2D eigenvalue weighted by molar-refractivity contribution is 0.491. The fourth-order valence-electron chi connectivity index (χ4n) is 2.91. The van der Waals surface area contributed by atoms with E-state index in [2.05, 4.69) is 21.1 Å². The predicted octanol–water partition coefficient (Wildman–Crippen LogP) is 4.16. The van der Waals surface area contributed by atoms with Crippen LogP contribution in [0.2, 0.25) is 11.6 Å². The highest BCUT2D eigenvalue weighted by molar-refractivity contribution is 6.40. The molecule has 0 saturated heterocycles. The standard InChI is InChI=1S/C14H29BN/c1-3-13(14(16)4-2)15-12-10-8-6-5-7-9-11-12/h12-14H,3-11,16H2,1-2H3. The molecule has 2 N–H and O–H groups in total. The van der Waals surface area contributed by atoms with Crippen molar-refractivity contribution < 1.29 is 0 Å². The van der Waals surface area contributed by atoms with Gasteiger partial charge in [0.15, 0.2) is 0 Å². The Bertz CT molecular complexity index is 164. The van der Waals surface area contributed by atoms with E-state index in [1.807, 2.05) is 0 Å². The van der Waals surface area contributed by atoms with Gasteiger partial charge in [-0.15, -0.1) is 0 Å². The van der Waals surface area contributed by atoms with Gasteiger partial charge in [-0.1, -0.05) is 76.8 Å². The molecular formula is C14H29BN. The summed E-state index contributed by atoms with van der Waals surface area (Å²) >= 11 is 0. The smallest absolute Gasteiger partial charge is 0.119 e. The molecule has 0 aromatic heterocycles. The van der Waals surface area contributed by atoms with Crippen LogP contribution in [0.3, 0.4) is 0 Å². The van der Waals surface area contributed by atoms with E-state index in [9.17, 15) is 0 Å². The van der Waals surface area contributed by atoms with Crippen LogP contribution >= 0.6 is 0 Å². The Morgan fingerprint density at radius 1 is 1.00 bits per heavy atom. The molecule has 2 unspecified atom stereocenters. The normalized spacial score (nSPS) is 23.2. The largest absolute Gasteiger partial charge is 0.328 e. The van der Waals surface area contributed by atoms with Gasteiger partial charge < -0.3 is 5.73 Å². The van der Waals surface area contributed by atoms with Crippen LogP contribution in [0, 0.1) is 0 Å². The van der Waals surface area contributed by atoms with E-state index in [0.717, 1.165) is 12.2 Å². The molecule has 2 heteroatoms. The Hall–Kier alpha value is 0.0249. The molecule has 0 aliphatic heterocycles. The van der Waals surface area contributed by atoms with Crippen LogP contribution in [0.1, 0.15) is 71.6 Å². The van der Waals surface area contributed by atoms with E-state index in [4.69, 9.17) is 5.73 Å². The topological polar surface area (TPSA) is 26.0 Å². The van der Waals surface area contributed by atoms with E-state index in [1.54, 1.807) is 0 Å². The van der Waals surface area contributed by atoms with E-state index >= 15 is 0 Å². The first-order valence-electron chi connectivity index (χ1n) is 7.38. The zero-order valence-electron chi connectivity index (χ0n) is 11.3. The highest BCUT2D eigenvalue weighted by Gasteiger charge is 2.21. The molecule has 93 valence electrons. The molecule has 0 amide bonds. The third kappa shape index (κ3) is 4.90. The monoisotopic (exact) mass is 222 g/mol. The Morgan fingerprint density at radius 2 is 1.56 bits per heavy atom. The van der Waals surface area contributed by atoms with Gasteiger partial charge >= 0.3 is 0 Å². The van der Waals surface area contributed by atoms with Gasteiger partial charge in [-0.05, 0) is 12.5 Å². The second kappa shape index (κ2) is 8.17. The molecular weight excluding hydrogens is 193 g/mol. The van der Waals surface area contributed by atoms with Gasteiger partial charge in [0.05, 0.1) is 0 Å². The summed E-state index contributed by atoms with van der Waals surface area (Å²) in [5.41, 5.74) is 6.18. The lowest BCUT2D eigenvalue weighted by Crippen LogP contribution is -2.30. The van der Waals surface area contributed by atoms with Gasteiger partial charge in [-0.25, -0.2) is 0 Å². The summed E-state index contributed by atoms with van der Waals surface area (Å²) in [6, 6.07) is 0.385. The van der Waals surface area contributed by atoms with Gasteiger partial charge in [-0.3, -0.25) is 0 Å². The molecule has 1 aliphatic carbocycles. The van der Waals surface area contributed by atoms with Crippen molar-refractivity contribution in [1.82, 2.24) is 0 Å². The van der Waals surface area contributed by atoms with Crippen LogP contribution in [0.25, 0.3) is 0 Å². The molecule has 0 bridgehead atoms. The highest BCUT2D eigenvalue weighted by Crippen LogP contribution is 2.31. The fourth-order valence-corrected chi connectivity index (χ4v) is 2.91. The van der Waals surface area contributed by atoms with Gasteiger partial charge in [0.25, 0.3) is 0 Å². The molecule has 1 radical (unpaired) electrons. The average molecular weight is 222 g/mol. The zero-order valence-corrected chi connectivity index (χ0v) is 11.3. The summed E-state index contributed by atoms with van der Waals surface area (Å²) in [6.07, 6.45) is 12.4. The maximum Gasteiger partial charge on any atom is 0.119 e. The second-order valence-corrected chi connectivity index (χ2v) is 5.44. The van der Waals surface area contributed by atoms with Crippen molar-refractivity contribution >= 4 is 7.28 Å². The van der Waals surface area contributed by atoms with Crippen LogP contribution in [0.4, 0.5) is 0 Å². The fraction of sp³-hybridized carbons (Fsp3) is 1.00. The quantitative estimate of drug-likeness (QED) is 0.694. The van der Waals surface area contributed by atoms with Crippen LogP contribution in [0.15, 0.2) is 0 Å². The number of hydrogen-bond acceptors (Lipinski definition) is 1. The zero-order chi connectivity index (χ0) is 11.8. The average Bonchev–Trinajstić information content (AvgIpc) is 2.27. The summed E-state index contributed by atoms with van der Waals surface area (Å²) in [4.78, 5) is 0. The van der Waals surface area contributed by atoms with Crippen LogP contribution in [-0.2, 0) is 0 Å². The predicted molar refractivity (Wildman–Crippen MR) is 74.1 cm³/mol. The molecule has 1 saturated carbocycles. The Morgan fingerprint density at radius 3 is 2.06 bits per heavy atom. The molecule has 1 aliphatic rings. The van der Waals surface area contributed by atoms with Gasteiger partial charge in [0.1, 0.15) is 7.28 Å². The van der Waals surface area contributed by atoms with Crippen LogP contribution < -0.4 is 5.73 Å². The molecule has 0 aromatic carbocycles. The maximum absolute atomic E-state index is 6.18. The molecule has 1 rings (SSSR count). The van der Waals surface area contributed by atoms with E-state index in [1.165, 1.54) is 51.4 Å². The lowest BCUT2D eigenvalue weighted by atomic mass is 9.49. The van der Waals surface area contributed by atoms with Crippen LogP contribution in [0.5, 0.6) is 0 Å². The van der Waals surface area contributed by atoms with Crippen molar-refractivity contribution in [1.29, 1.82) is 0 Å². The first kappa shape index (κ1) is 14.1. The van der Waals surface area contributed by atoms with Gasteiger partial charge in [-0.2, -0.15) is 0 Å². The SMILES string of the molecule is CCC(N)C([B]C1CCCCCCC1)CC. The van der Waals surface area contributed by atoms with Crippen molar-refractivity contribution in [3.05, 3.63) is 0 Å². The molecule has 16 heavy (non-hydrogen) atoms. The van der Waals surface area contributed by atoms with Crippen molar-refractivity contribution in [3.63, 3.8) is 0 Å². The Kier molecular flexibility index (Phi) is 7.19. The van der Waals surface area contributed by atoms with Crippen molar-refractivity contribution in [2.45, 2.75) is 89.3 Å². The summed E-state index contributed by atoms with van der Waals surface area (Å²) in [6.45, 7) is 4.49. The minimum atomic E-state index is 0.385. The van der Waals surface area contributed by atoms with E-state index in [0.29, 0.717) is 11.9 Å². The van der Waals surface area contributed by atoms with Crippen molar-refractivity contribution in [3.8, 4) is 0 Å². The number of hydrogen-bond donors (Lipinski definition) is 1. The molecule has 2 atom stereocenters. The highest BCUT2D eigenvalue weighted by atomic mass is 14.6. The second-order valence-electron chi connectivity index (χ2n) is 5.44. The third-order valence-corrected chi connectivity index (χ3v) is 4.16. The lowest BCUT2D eigenvalue weighted by Gasteiger charge is -2.27. The third-order valence-electron chi connectivity index (χ3n) is 4.16. The summed E-state index contributed by atoms with van der Waals surface area (Å²) < 4.78 is 0. The molecule has 0 heterocycles. The molecule has 0 spiro atoms. The van der Waals surface area contributed by atoms with E-state index in [-0.39, 0.29) is 0 Å². The number of nitrogens with two attached hydrogens (primary N) is 1. The maximum atomic E-state index is 6.18. The van der Waals surface area contributed by atoms with Crippen molar-refractivity contribution in [2.75, 3.05) is 0 Å². The minimum absolute atomic E-state index is 0.385. The Labute approximate surface area is 103 Å². The van der Waals surface area contributed by atoms with E-state index < -0.39 is 0 Å². The Balaban J connectivity index is 2.36. The number of rotatable bonds is 5. The van der Waals surface area contributed by atoms with Crippen LogP contribution in [-0.4, -0.2) is 13.3 Å². The first-order chi connectivity index (χ1) is 7.77.